The molecule has 1 N–H and O–H groups in total. The second kappa shape index (κ2) is 7.40. The van der Waals surface area contributed by atoms with Crippen molar-refractivity contribution in [2.45, 2.75) is 38.0 Å². The van der Waals surface area contributed by atoms with E-state index < -0.39 is 17.8 Å². The maximum atomic E-state index is 13.2. The molecular formula is C21H17F2N9O. The number of nitriles is 1. The number of hydrogen-bond donors (Lipinski definition) is 1. The van der Waals surface area contributed by atoms with Crippen molar-refractivity contribution in [1.82, 2.24) is 34.6 Å². The van der Waals surface area contributed by atoms with Crippen molar-refractivity contribution in [1.29, 1.82) is 5.26 Å². The molecule has 12 heteroatoms. The van der Waals surface area contributed by atoms with Crippen molar-refractivity contribution in [2.75, 3.05) is 5.32 Å². The number of alkyl halides is 2. The summed E-state index contributed by atoms with van der Waals surface area (Å²) in [5.41, 5.74) is 1.28. The number of nitrogens with one attached hydrogen (secondary N) is 1. The zero-order chi connectivity index (χ0) is 23.3. The molecule has 0 spiro atoms. The van der Waals surface area contributed by atoms with Crippen LogP contribution < -0.4 is 5.32 Å². The van der Waals surface area contributed by atoms with Gasteiger partial charge in [0, 0.05) is 23.2 Å². The van der Waals surface area contributed by atoms with Gasteiger partial charge in [0.2, 0.25) is 5.91 Å². The van der Waals surface area contributed by atoms with Crippen LogP contribution in [0.25, 0.3) is 11.5 Å². The fourth-order valence-electron chi connectivity index (χ4n) is 4.28. The summed E-state index contributed by atoms with van der Waals surface area (Å²) < 4.78 is 27.8. The number of carbonyl (C=O) groups is 1. The fraction of sp³-hybridized carbons (Fsp3) is 0.286. The Morgan fingerprint density at radius 3 is 2.70 bits per heavy atom. The maximum Gasteiger partial charge on any atom is 0.282 e. The number of amides is 1. The molecule has 4 aromatic rings. The second-order valence-corrected chi connectivity index (χ2v) is 8.36. The van der Waals surface area contributed by atoms with Crippen molar-refractivity contribution in [2.24, 2.45) is 0 Å². The standard InChI is InChI=1S/C21H17F2N9O/c1-21(2)7-13(14-10-25-16-6-15(18(22)23)30-31(16)17(14)21)20(33)29-12-5-11(8-24)19(26-9-12)32-27-3-4-28-32/h3-6,9-10,13,18H,7H2,1-2H3,(H,29,33). The summed E-state index contributed by atoms with van der Waals surface area (Å²) in [6.45, 7) is 3.87. The highest BCUT2D eigenvalue weighted by molar-refractivity contribution is 5.97. The number of nitrogens with zero attached hydrogens (tertiary/aromatic N) is 8. The number of halogens is 2. The SMILES string of the molecule is CC1(C)CC(C(=O)Nc2cnc(-n3nccn3)c(C#N)c2)c2cnc3cc(C(F)F)nn3c21. The summed E-state index contributed by atoms with van der Waals surface area (Å²) in [7, 11) is 0. The quantitative estimate of drug-likeness (QED) is 0.507. The van der Waals surface area contributed by atoms with E-state index in [4.69, 9.17) is 0 Å². The van der Waals surface area contributed by atoms with Gasteiger partial charge >= 0.3 is 0 Å². The summed E-state index contributed by atoms with van der Waals surface area (Å²) in [5, 5.41) is 24.3. The van der Waals surface area contributed by atoms with Crippen molar-refractivity contribution >= 4 is 17.2 Å². The lowest BCUT2D eigenvalue weighted by Crippen LogP contribution is -2.22. The lowest BCUT2D eigenvalue weighted by molar-refractivity contribution is -0.117. The van der Waals surface area contributed by atoms with E-state index in [9.17, 15) is 18.8 Å². The Kier molecular flexibility index (Phi) is 4.63. The minimum absolute atomic E-state index is 0.190. The molecule has 0 aromatic carbocycles. The van der Waals surface area contributed by atoms with E-state index in [1.807, 2.05) is 19.9 Å². The van der Waals surface area contributed by atoms with Gasteiger partial charge in [-0.25, -0.2) is 23.3 Å². The van der Waals surface area contributed by atoms with Crippen molar-refractivity contribution in [3.63, 3.8) is 0 Å². The summed E-state index contributed by atoms with van der Waals surface area (Å²) >= 11 is 0. The summed E-state index contributed by atoms with van der Waals surface area (Å²) in [4.78, 5) is 22.9. The van der Waals surface area contributed by atoms with Crippen molar-refractivity contribution in [3.8, 4) is 11.9 Å². The zero-order valence-electron chi connectivity index (χ0n) is 17.6. The highest BCUT2D eigenvalue weighted by atomic mass is 19.3. The summed E-state index contributed by atoms with van der Waals surface area (Å²) in [6.07, 6.45) is 3.62. The van der Waals surface area contributed by atoms with Crippen LogP contribution in [0.15, 0.2) is 36.9 Å². The normalized spacial score (nSPS) is 16.7. The monoisotopic (exact) mass is 449 g/mol. The molecule has 1 aliphatic carbocycles. The highest BCUT2D eigenvalue weighted by Crippen LogP contribution is 2.46. The van der Waals surface area contributed by atoms with Crippen LogP contribution in [0.4, 0.5) is 14.5 Å². The van der Waals surface area contributed by atoms with E-state index in [1.54, 1.807) is 6.20 Å². The van der Waals surface area contributed by atoms with Gasteiger partial charge in [0.15, 0.2) is 11.5 Å². The second-order valence-electron chi connectivity index (χ2n) is 8.36. The molecule has 33 heavy (non-hydrogen) atoms. The summed E-state index contributed by atoms with van der Waals surface area (Å²) in [5.74, 6) is -0.656. The van der Waals surface area contributed by atoms with Crippen molar-refractivity contribution < 1.29 is 13.6 Å². The third-order valence-electron chi connectivity index (χ3n) is 5.66. The van der Waals surface area contributed by atoms with Crippen LogP contribution in [0.2, 0.25) is 0 Å². The number of aromatic nitrogens is 7. The average Bonchev–Trinajstić information content (AvgIpc) is 3.51. The molecule has 5 rings (SSSR count). The number of pyridine rings is 1. The van der Waals surface area contributed by atoms with Gasteiger partial charge in [0.05, 0.1) is 35.9 Å². The molecule has 1 amide bonds. The van der Waals surface area contributed by atoms with Crippen LogP contribution in [0.3, 0.4) is 0 Å². The molecule has 1 atom stereocenters. The predicted octanol–water partition coefficient (Wildman–Crippen LogP) is 2.92. The molecule has 0 fully saturated rings. The van der Waals surface area contributed by atoms with Gasteiger partial charge in [-0.15, -0.1) is 4.80 Å². The lowest BCUT2D eigenvalue weighted by Gasteiger charge is -2.19. The average molecular weight is 449 g/mol. The molecule has 0 saturated heterocycles. The third kappa shape index (κ3) is 3.38. The maximum absolute atomic E-state index is 13.2. The molecule has 1 unspecified atom stereocenters. The number of carbonyl (C=O) groups excluding carboxylic acids is 1. The predicted molar refractivity (Wildman–Crippen MR) is 111 cm³/mol. The molecule has 0 bridgehead atoms. The Labute approximate surface area is 185 Å². The first kappa shape index (κ1) is 20.6. The smallest absolute Gasteiger partial charge is 0.282 e. The molecule has 4 aromatic heterocycles. The number of hydrogen-bond acceptors (Lipinski definition) is 7. The van der Waals surface area contributed by atoms with E-state index in [0.29, 0.717) is 29.0 Å². The number of fused-ring (bicyclic) bond motifs is 3. The Morgan fingerprint density at radius 1 is 1.24 bits per heavy atom. The van der Waals surface area contributed by atoms with E-state index >= 15 is 0 Å². The van der Waals surface area contributed by atoms with Crippen LogP contribution in [0, 0.1) is 11.3 Å². The van der Waals surface area contributed by atoms with Crippen LogP contribution in [-0.2, 0) is 10.2 Å². The van der Waals surface area contributed by atoms with E-state index in [1.165, 1.54) is 40.0 Å². The summed E-state index contributed by atoms with van der Waals surface area (Å²) in [6, 6.07) is 4.77. The number of anilines is 1. The molecule has 0 saturated carbocycles. The molecular weight excluding hydrogens is 432 g/mol. The molecule has 0 aliphatic heterocycles. The first-order chi connectivity index (χ1) is 15.8. The largest absolute Gasteiger partial charge is 0.324 e. The first-order valence-corrected chi connectivity index (χ1v) is 10.0. The molecule has 4 heterocycles. The Balaban J connectivity index is 1.47. The van der Waals surface area contributed by atoms with Gasteiger partial charge in [-0.2, -0.15) is 20.6 Å². The fourth-order valence-corrected chi connectivity index (χ4v) is 4.28. The van der Waals surface area contributed by atoms with Gasteiger partial charge in [-0.05, 0) is 12.5 Å². The van der Waals surface area contributed by atoms with Crippen LogP contribution in [-0.4, -0.2) is 40.5 Å². The van der Waals surface area contributed by atoms with Gasteiger partial charge in [0.1, 0.15) is 17.3 Å². The Bertz CT molecular complexity index is 1420. The Morgan fingerprint density at radius 2 is 2.00 bits per heavy atom. The minimum atomic E-state index is -2.72. The minimum Gasteiger partial charge on any atom is -0.324 e. The molecule has 1 aliphatic rings. The highest BCUT2D eigenvalue weighted by Gasteiger charge is 2.43. The van der Waals surface area contributed by atoms with E-state index in [-0.39, 0.29) is 23.0 Å². The molecule has 10 nitrogen and oxygen atoms in total. The van der Waals surface area contributed by atoms with E-state index in [0.717, 1.165) is 0 Å². The topological polar surface area (TPSA) is 127 Å². The van der Waals surface area contributed by atoms with Gasteiger partial charge in [-0.1, -0.05) is 13.8 Å². The van der Waals surface area contributed by atoms with Crippen LogP contribution >= 0.6 is 0 Å². The Hall–Kier alpha value is -4.27. The van der Waals surface area contributed by atoms with Gasteiger partial charge in [-0.3, -0.25) is 4.79 Å². The van der Waals surface area contributed by atoms with Crippen LogP contribution in [0.1, 0.15) is 55.1 Å². The number of rotatable bonds is 4. The first-order valence-electron chi connectivity index (χ1n) is 10.0. The van der Waals surface area contributed by atoms with Gasteiger partial charge < -0.3 is 5.32 Å². The van der Waals surface area contributed by atoms with E-state index in [2.05, 4.69) is 30.6 Å². The zero-order valence-corrected chi connectivity index (χ0v) is 17.6. The van der Waals surface area contributed by atoms with Gasteiger partial charge in [0.25, 0.3) is 6.43 Å². The molecule has 166 valence electrons. The van der Waals surface area contributed by atoms with Crippen LogP contribution in [0.5, 0.6) is 0 Å². The third-order valence-corrected chi connectivity index (χ3v) is 5.66. The molecule has 0 radical (unpaired) electrons. The van der Waals surface area contributed by atoms with Crippen molar-refractivity contribution in [3.05, 3.63) is 59.4 Å². The lowest BCUT2D eigenvalue weighted by atomic mass is 9.88.